The Morgan fingerprint density at radius 1 is 1.11 bits per heavy atom. The number of benzene rings is 2. The van der Waals surface area contributed by atoms with Crippen molar-refractivity contribution < 1.29 is 9.18 Å². The number of nitrogens with zero attached hydrogens (tertiary/aromatic N) is 3. The third kappa shape index (κ3) is 4.39. The summed E-state index contributed by atoms with van der Waals surface area (Å²) in [6, 6.07) is 12.8. The third-order valence-corrected chi connectivity index (χ3v) is 4.43. The van der Waals surface area contributed by atoms with Crippen LogP contribution in [0.4, 0.5) is 4.39 Å². The largest absolute Gasteiger partial charge is 0.351 e. The number of rotatable bonds is 6. The predicted molar refractivity (Wildman–Crippen MR) is 103 cm³/mol. The van der Waals surface area contributed by atoms with Crippen LogP contribution in [-0.4, -0.2) is 27.4 Å². The molecule has 0 aliphatic rings. The van der Waals surface area contributed by atoms with Gasteiger partial charge in [0.1, 0.15) is 5.82 Å². The molecule has 0 aliphatic heterocycles. The van der Waals surface area contributed by atoms with Crippen LogP contribution in [0, 0.1) is 26.6 Å². The second-order valence-electron chi connectivity index (χ2n) is 6.73. The van der Waals surface area contributed by atoms with Crippen LogP contribution >= 0.6 is 0 Å². The quantitative estimate of drug-likeness (QED) is 0.677. The van der Waals surface area contributed by atoms with Crippen molar-refractivity contribution in [2.24, 2.45) is 0 Å². The van der Waals surface area contributed by atoms with Gasteiger partial charge >= 0.3 is 0 Å². The molecular weight excluding hydrogens is 343 g/mol. The Bertz CT molecular complexity index is 944. The van der Waals surface area contributed by atoms with Gasteiger partial charge in [0.2, 0.25) is 0 Å². The van der Waals surface area contributed by atoms with E-state index in [4.69, 9.17) is 0 Å². The molecule has 1 aromatic heterocycles. The Balaban J connectivity index is 1.62. The molecular formula is C21H23FN4O. The standard InChI is InChI=1S/C21H23FN4O/c1-14-11-15(2)13-18(12-14)26-16(3)20(24-25-26)21(27)23-10-6-8-17-7-4-5-9-19(17)22/h4-5,7,9,11-13H,6,8,10H2,1-3H3,(H,23,27). The molecule has 0 atom stereocenters. The fraction of sp³-hybridized carbons (Fsp3) is 0.286. The van der Waals surface area contributed by atoms with Crippen molar-refractivity contribution >= 4 is 5.91 Å². The van der Waals surface area contributed by atoms with Gasteiger partial charge < -0.3 is 5.32 Å². The summed E-state index contributed by atoms with van der Waals surface area (Å²) in [7, 11) is 0. The lowest BCUT2D eigenvalue weighted by atomic mass is 10.1. The minimum atomic E-state index is -0.267. The second kappa shape index (κ2) is 8.12. The van der Waals surface area contributed by atoms with Gasteiger partial charge in [-0.05, 0) is 68.5 Å². The SMILES string of the molecule is Cc1cc(C)cc(-n2nnc(C(=O)NCCCc3ccccc3F)c2C)c1. The van der Waals surface area contributed by atoms with Crippen molar-refractivity contribution in [2.75, 3.05) is 6.54 Å². The van der Waals surface area contributed by atoms with Crippen molar-refractivity contribution in [3.05, 3.63) is 76.4 Å². The molecule has 1 heterocycles. The first-order valence-corrected chi connectivity index (χ1v) is 8.98. The van der Waals surface area contributed by atoms with E-state index in [0.717, 1.165) is 16.8 Å². The van der Waals surface area contributed by atoms with Crippen LogP contribution in [0.5, 0.6) is 0 Å². The molecule has 0 spiro atoms. The van der Waals surface area contributed by atoms with Crippen molar-refractivity contribution in [1.82, 2.24) is 20.3 Å². The number of aryl methyl sites for hydroxylation is 3. The van der Waals surface area contributed by atoms with E-state index in [1.807, 2.05) is 39.0 Å². The molecule has 140 valence electrons. The third-order valence-electron chi connectivity index (χ3n) is 4.43. The predicted octanol–water partition coefficient (Wildman–Crippen LogP) is 3.69. The summed E-state index contributed by atoms with van der Waals surface area (Å²) in [6.07, 6.45) is 1.22. The summed E-state index contributed by atoms with van der Waals surface area (Å²) in [6.45, 7) is 6.31. The Morgan fingerprint density at radius 3 is 2.52 bits per heavy atom. The molecule has 6 heteroatoms. The number of carbonyl (C=O) groups is 1. The summed E-state index contributed by atoms with van der Waals surface area (Å²) in [5.41, 5.74) is 4.78. The minimum Gasteiger partial charge on any atom is -0.351 e. The monoisotopic (exact) mass is 366 g/mol. The lowest BCUT2D eigenvalue weighted by Gasteiger charge is -2.07. The lowest BCUT2D eigenvalue weighted by molar-refractivity contribution is 0.0947. The van der Waals surface area contributed by atoms with E-state index in [9.17, 15) is 9.18 Å². The van der Waals surface area contributed by atoms with Crippen LogP contribution in [0.15, 0.2) is 42.5 Å². The summed E-state index contributed by atoms with van der Waals surface area (Å²) < 4.78 is 15.3. The first kappa shape index (κ1) is 18.8. The fourth-order valence-corrected chi connectivity index (χ4v) is 3.12. The molecule has 5 nitrogen and oxygen atoms in total. The van der Waals surface area contributed by atoms with Crippen LogP contribution in [0.3, 0.4) is 0 Å². The highest BCUT2D eigenvalue weighted by Crippen LogP contribution is 2.16. The van der Waals surface area contributed by atoms with E-state index in [1.54, 1.807) is 16.8 Å². The zero-order valence-electron chi connectivity index (χ0n) is 15.8. The zero-order valence-corrected chi connectivity index (χ0v) is 15.8. The molecule has 1 amide bonds. The number of amides is 1. The summed E-state index contributed by atoms with van der Waals surface area (Å²) in [5, 5.41) is 11.0. The number of hydrogen-bond acceptors (Lipinski definition) is 3. The van der Waals surface area contributed by atoms with Crippen molar-refractivity contribution in [3.63, 3.8) is 0 Å². The average Bonchev–Trinajstić information content (AvgIpc) is 3.00. The number of hydrogen-bond donors (Lipinski definition) is 1. The van der Waals surface area contributed by atoms with Crippen LogP contribution in [0.1, 0.15) is 39.3 Å². The van der Waals surface area contributed by atoms with E-state index in [-0.39, 0.29) is 11.7 Å². The Kier molecular flexibility index (Phi) is 5.64. The molecule has 3 aromatic rings. The highest BCUT2D eigenvalue weighted by atomic mass is 19.1. The molecule has 27 heavy (non-hydrogen) atoms. The van der Waals surface area contributed by atoms with Gasteiger partial charge in [-0.25, -0.2) is 9.07 Å². The van der Waals surface area contributed by atoms with Crippen molar-refractivity contribution in [2.45, 2.75) is 33.6 Å². The molecule has 3 rings (SSSR count). The summed E-state index contributed by atoms with van der Waals surface area (Å²) in [4.78, 5) is 12.4. The van der Waals surface area contributed by atoms with Gasteiger partial charge in [0.25, 0.3) is 5.91 Å². The van der Waals surface area contributed by atoms with Crippen molar-refractivity contribution in [1.29, 1.82) is 0 Å². The number of aromatic nitrogens is 3. The molecule has 0 saturated heterocycles. The molecule has 0 saturated carbocycles. The van der Waals surface area contributed by atoms with Gasteiger partial charge in [0.05, 0.1) is 11.4 Å². The van der Waals surface area contributed by atoms with Crippen LogP contribution in [-0.2, 0) is 6.42 Å². The van der Waals surface area contributed by atoms with Crippen molar-refractivity contribution in [3.8, 4) is 5.69 Å². The molecule has 2 aromatic carbocycles. The molecule has 0 radical (unpaired) electrons. The van der Waals surface area contributed by atoms with Gasteiger partial charge in [0, 0.05) is 6.54 Å². The first-order valence-electron chi connectivity index (χ1n) is 8.98. The van der Waals surface area contributed by atoms with E-state index in [2.05, 4.69) is 21.7 Å². The van der Waals surface area contributed by atoms with E-state index >= 15 is 0 Å². The minimum absolute atomic E-state index is 0.212. The van der Waals surface area contributed by atoms with Gasteiger partial charge in [-0.15, -0.1) is 5.10 Å². The number of halogens is 1. The van der Waals surface area contributed by atoms with Gasteiger partial charge in [-0.3, -0.25) is 4.79 Å². The van der Waals surface area contributed by atoms with Gasteiger partial charge in [-0.2, -0.15) is 0 Å². The Morgan fingerprint density at radius 2 is 1.81 bits per heavy atom. The molecule has 0 aliphatic carbocycles. The maximum Gasteiger partial charge on any atom is 0.273 e. The summed E-state index contributed by atoms with van der Waals surface area (Å²) in [5.74, 6) is -0.479. The fourth-order valence-electron chi connectivity index (χ4n) is 3.12. The van der Waals surface area contributed by atoms with E-state index < -0.39 is 0 Å². The average molecular weight is 366 g/mol. The zero-order chi connectivity index (χ0) is 19.4. The molecule has 0 unspecified atom stereocenters. The highest BCUT2D eigenvalue weighted by molar-refractivity contribution is 5.93. The lowest BCUT2D eigenvalue weighted by Crippen LogP contribution is -2.26. The summed E-state index contributed by atoms with van der Waals surface area (Å²) >= 11 is 0. The Hall–Kier alpha value is -3.02. The van der Waals surface area contributed by atoms with Crippen LogP contribution < -0.4 is 5.32 Å². The topological polar surface area (TPSA) is 59.8 Å². The van der Waals surface area contributed by atoms with Crippen LogP contribution in [0.2, 0.25) is 0 Å². The van der Waals surface area contributed by atoms with Gasteiger partial charge in [0.15, 0.2) is 5.69 Å². The highest BCUT2D eigenvalue weighted by Gasteiger charge is 2.17. The normalized spacial score (nSPS) is 10.8. The molecule has 0 fully saturated rings. The van der Waals surface area contributed by atoms with E-state index in [1.165, 1.54) is 6.07 Å². The van der Waals surface area contributed by atoms with Crippen LogP contribution in [0.25, 0.3) is 5.69 Å². The number of carbonyl (C=O) groups excluding carboxylic acids is 1. The second-order valence-corrected chi connectivity index (χ2v) is 6.73. The van der Waals surface area contributed by atoms with Gasteiger partial charge in [-0.1, -0.05) is 29.5 Å². The number of nitrogens with one attached hydrogen (secondary N) is 1. The maximum absolute atomic E-state index is 13.6. The maximum atomic E-state index is 13.6. The molecule has 1 N–H and O–H groups in total. The smallest absolute Gasteiger partial charge is 0.273 e. The van der Waals surface area contributed by atoms with E-state index in [0.29, 0.717) is 36.3 Å². The Labute approximate surface area is 158 Å². The molecule has 0 bridgehead atoms. The first-order chi connectivity index (χ1) is 13.0.